The van der Waals surface area contributed by atoms with Gasteiger partial charge in [-0.2, -0.15) is 0 Å². The lowest BCUT2D eigenvalue weighted by molar-refractivity contribution is 0.0697. The first kappa shape index (κ1) is 22.0. The molecule has 1 unspecified atom stereocenters. The van der Waals surface area contributed by atoms with Crippen LogP contribution in [0.4, 0.5) is 0 Å². The number of thioether (sulfide) groups is 1. The molecule has 2 aromatic carbocycles. The maximum atomic E-state index is 11.0. The highest BCUT2D eigenvalue weighted by Crippen LogP contribution is 2.45. The fraction of sp³-hybridized carbons (Fsp3) is 0.292. The van der Waals surface area contributed by atoms with Crippen molar-refractivity contribution in [3.63, 3.8) is 0 Å². The molecule has 1 atom stereocenters. The van der Waals surface area contributed by atoms with Crippen LogP contribution in [0, 0.1) is 11.8 Å². The van der Waals surface area contributed by atoms with Crippen molar-refractivity contribution in [2.24, 2.45) is 0 Å². The number of carbonyl (C=O) groups is 1. The molecule has 156 valence electrons. The molecule has 30 heavy (non-hydrogen) atoms. The maximum absolute atomic E-state index is 11.0. The minimum Gasteiger partial charge on any atom is -0.490 e. The number of hydrogen-bond donors (Lipinski definition) is 2. The van der Waals surface area contributed by atoms with Gasteiger partial charge in [-0.25, -0.2) is 4.79 Å². The van der Waals surface area contributed by atoms with Crippen LogP contribution in [0.25, 0.3) is 0 Å². The SMILES string of the molecule is COCCOc1cc(C(O)C#Cc2ccc(C(=O)O)cc2)cc2c1SC=CC2(C)C. The van der Waals surface area contributed by atoms with Gasteiger partial charge in [-0.15, -0.1) is 0 Å². The number of benzene rings is 2. The van der Waals surface area contributed by atoms with E-state index >= 15 is 0 Å². The molecule has 3 rings (SSSR count). The van der Waals surface area contributed by atoms with Gasteiger partial charge in [0.15, 0.2) is 0 Å². The van der Waals surface area contributed by atoms with Crippen LogP contribution in [0.1, 0.15) is 47.0 Å². The Kier molecular flexibility index (Phi) is 6.88. The second-order valence-corrected chi connectivity index (χ2v) is 8.35. The van der Waals surface area contributed by atoms with Gasteiger partial charge in [0.1, 0.15) is 18.5 Å². The molecular formula is C24H24O5S. The first-order valence-electron chi connectivity index (χ1n) is 9.49. The van der Waals surface area contributed by atoms with Gasteiger partial charge >= 0.3 is 5.97 Å². The summed E-state index contributed by atoms with van der Waals surface area (Å²) in [6.45, 7) is 5.12. The van der Waals surface area contributed by atoms with Crippen LogP contribution in [-0.4, -0.2) is 36.5 Å². The summed E-state index contributed by atoms with van der Waals surface area (Å²) in [5.74, 6) is 5.47. The van der Waals surface area contributed by atoms with Crippen molar-refractivity contribution < 1.29 is 24.5 Å². The highest BCUT2D eigenvalue weighted by Gasteiger charge is 2.28. The lowest BCUT2D eigenvalue weighted by Crippen LogP contribution is -2.18. The van der Waals surface area contributed by atoms with Crippen molar-refractivity contribution in [1.29, 1.82) is 0 Å². The van der Waals surface area contributed by atoms with Gasteiger partial charge < -0.3 is 19.7 Å². The number of aliphatic hydroxyl groups excluding tert-OH is 1. The molecule has 0 aromatic heterocycles. The summed E-state index contributed by atoms with van der Waals surface area (Å²) in [6, 6.07) is 10.0. The standard InChI is InChI=1S/C24H24O5S/c1-24(2)10-13-30-22-19(24)14-18(15-21(22)29-12-11-28-3)20(25)9-6-16-4-7-17(8-5-16)23(26)27/h4-5,7-8,10,13-15,20,25H,11-12H2,1-3H3,(H,26,27). The Balaban J connectivity index is 1.91. The lowest BCUT2D eigenvalue weighted by atomic mass is 9.83. The number of carboxylic acid groups (broad SMARTS) is 1. The fourth-order valence-corrected chi connectivity index (χ4v) is 4.24. The van der Waals surface area contributed by atoms with Crippen LogP contribution in [0.3, 0.4) is 0 Å². The van der Waals surface area contributed by atoms with E-state index in [2.05, 4.69) is 37.2 Å². The number of aromatic carboxylic acids is 1. The fourth-order valence-electron chi connectivity index (χ4n) is 3.02. The summed E-state index contributed by atoms with van der Waals surface area (Å²) < 4.78 is 11.0. The number of rotatable bonds is 6. The zero-order valence-corrected chi connectivity index (χ0v) is 18.0. The van der Waals surface area contributed by atoms with Gasteiger partial charge in [-0.3, -0.25) is 0 Å². The van der Waals surface area contributed by atoms with Crippen molar-refractivity contribution in [1.82, 2.24) is 0 Å². The Labute approximate surface area is 180 Å². The summed E-state index contributed by atoms with van der Waals surface area (Å²) in [5.41, 5.74) is 2.36. The maximum Gasteiger partial charge on any atom is 0.335 e. The predicted molar refractivity (Wildman–Crippen MR) is 117 cm³/mol. The Bertz CT molecular complexity index is 1010. The van der Waals surface area contributed by atoms with Crippen molar-refractivity contribution in [2.45, 2.75) is 30.3 Å². The monoisotopic (exact) mass is 424 g/mol. The van der Waals surface area contributed by atoms with Gasteiger partial charge in [0.05, 0.1) is 17.1 Å². The number of allylic oxidation sites excluding steroid dienone is 1. The average Bonchev–Trinajstić information content (AvgIpc) is 2.72. The average molecular weight is 425 g/mol. The van der Waals surface area contributed by atoms with E-state index in [-0.39, 0.29) is 11.0 Å². The molecule has 0 amide bonds. The van der Waals surface area contributed by atoms with Crippen molar-refractivity contribution in [3.8, 4) is 17.6 Å². The summed E-state index contributed by atoms with van der Waals surface area (Å²) in [7, 11) is 1.62. The summed E-state index contributed by atoms with van der Waals surface area (Å²) in [5, 5.41) is 21.8. The molecule has 1 aliphatic rings. The normalized spacial score (nSPS) is 14.9. The molecule has 0 saturated carbocycles. The predicted octanol–water partition coefficient (Wildman–Crippen LogP) is 4.39. The Morgan fingerprint density at radius 3 is 2.60 bits per heavy atom. The molecule has 6 heteroatoms. The number of hydrogen-bond acceptors (Lipinski definition) is 5. The topological polar surface area (TPSA) is 76.0 Å². The molecule has 0 fully saturated rings. The van der Waals surface area contributed by atoms with Gasteiger partial charge in [0.2, 0.25) is 0 Å². The third kappa shape index (κ3) is 5.06. The van der Waals surface area contributed by atoms with E-state index < -0.39 is 12.1 Å². The first-order chi connectivity index (χ1) is 14.3. The van der Waals surface area contributed by atoms with Crippen LogP contribution in [0.15, 0.2) is 52.8 Å². The molecule has 1 aliphatic heterocycles. The molecule has 0 bridgehead atoms. The highest BCUT2D eigenvalue weighted by molar-refractivity contribution is 8.02. The minimum atomic E-state index is -1.01. The van der Waals surface area contributed by atoms with E-state index in [0.717, 1.165) is 10.5 Å². The summed E-state index contributed by atoms with van der Waals surface area (Å²) in [4.78, 5) is 12.0. The molecule has 2 N–H and O–H groups in total. The van der Waals surface area contributed by atoms with E-state index in [0.29, 0.717) is 30.1 Å². The Hall–Kier alpha value is -2.72. The van der Waals surface area contributed by atoms with Crippen molar-refractivity contribution in [2.75, 3.05) is 20.3 Å². The second-order valence-electron chi connectivity index (χ2n) is 7.43. The van der Waals surface area contributed by atoms with Crippen LogP contribution < -0.4 is 4.74 Å². The largest absolute Gasteiger partial charge is 0.490 e. The number of aliphatic hydroxyl groups is 1. The molecule has 1 heterocycles. The smallest absolute Gasteiger partial charge is 0.335 e. The zero-order chi connectivity index (χ0) is 21.7. The molecule has 0 spiro atoms. The minimum absolute atomic E-state index is 0.196. The number of ether oxygens (including phenoxy) is 2. The first-order valence-corrected chi connectivity index (χ1v) is 10.4. The highest BCUT2D eigenvalue weighted by atomic mass is 32.2. The van der Waals surface area contributed by atoms with Gasteiger partial charge in [0, 0.05) is 18.1 Å². The van der Waals surface area contributed by atoms with Crippen molar-refractivity contribution in [3.05, 3.63) is 70.1 Å². The lowest BCUT2D eigenvalue weighted by Gasteiger charge is -2.29. The molecule has 0 aliphatic carbocycles. The zero-order valence-electron chi connectivity index (χ0n) is 17.1. The molecule has 0 radical (unpaired) electrons. The third-order valence-corrected chi connectivity index (χ3v) is 5.72. The van der Waals surface area contributed by atoms with Gasteiger partial charge in [-0.1, -0.05) is 43.5 Å². The molecule has 0 saturated heterocycles. The van der Waals surface area contributed by atoms with Crippen LogP contribution in [0.5, 0.6) is 5.75 Å². The molecule has 5 nitrogen and oxygen atoms in total. The summed E-state index contributed by atoms with van der Waals surface area (Å²) >= 11 is 1.60. The van der Waals surface area contributed by atoms with E-state index in [1.54, 1.807) is 31.0 Å². The second kappa shape index (κ2) is 9.40. The quantitative estimate of drug-likeness (QED) is 0.529. The molecular weight excluding hydrogens is 400 g/mol. The van der Waals surface area contributed by atoms with Crippen LogP contribution in [0.2, 0.25) is 0 Å². The summed E-state index contributed by atoms with van der Waals surface area (Å²) in [6.07, 6.45) is 1.12. The van der Waals surface area contributed by atoms with Gasteiger partial charge in [-0.05, 0) is 52.9 Å². The van der Waals surface area contributed by atoms with E-state index in [9.17, 15) is 9.90 Å². The van der Waals surface area contributed by atoms with Gasteiger partial charge in [0.25, 0.3) is 0 Å². The van der Waals surface area contributed by atoms with Crippen molar-refractivity contribution >= 4 is 17.7 Å². The van der Waals surface area contributed by atoms with Crippen LogP contribution >= 0.6 is 11.8 Å². The number of carboxylic acids is 1. The third-order valence-electron chi connectivity index (χ3n) is 4.79. The van der Waals surface area contributed by atoms with E-state index in [1.165, 1.54) is 12.1 Å². The Morgan fingerprint density at radius 1 is 1.20 bits per heavy atom. The number of methoxy groups -OCH3 is 1. The number of fused-ring (bicyclic) bond motifs is 1. The Morgan fingerprint density at radius 2 is 1.93 bits per heavy atom. The van der Waals surface area contributed by atoms with E-state index in [1.807, 2.05) is 12.1 Å². The van der Waals surface area contributed by atoms with E-state index in [4.69, 9.17) is 14.6 Å². The molecule has 2 aromatic rings. The van der Waals surface area contributed by atoms with Crippen LogP contribution in [-0.2, 0) is 10.2 Å².